The highest BCUT2D eigenvalue weighted by atomic mass is 35.7. The van der Waals surface area contributed by atoms with Crippen LogP contribution in [0.25, 0.3) is 0 Å². The van der Waals surface area contributed by atoms with Gasteiger partial charge in [-0.05, 0) is 8.76 Å². The summed E-state index contributed by atoms with van der Waals surface area (Å²) in [7, 11) is 2.68. The minimum Gasteiger partial charge on any atom is -0.591 e. The molecule has 1 heterocycles. The van der Waals surface area contributed by atoms with Crippen molar-refractivity contribution >= 4 is 31.9 Å². The Labute approximate surface area is 122 Å². The number of rotatable bonds is 2. The van der Waals surface area contributed by atoms with E-state index in [0.29, 0.717) is 11.7 Å². The Balaban J connectivity index is 2.12. The maximum absolute atomic E-state index is 12.1. The van der Waals surface area contributed by atoms with E-state index in [-0.39, 0.29) is 0 Å². The first-order valence-corrected chi connectivity index (χ1v) is 8.20. The zero-order valence-corrected chi connectivity index (χ0v) is 11.9. The molecule has 6 heteroatoms. The molecule has 0 saturated carbocycles. The van der Waals surface area contributed by atoms with Crippen molar-refractivity contribution in [1.29, 1.82) is 0 Å². The van der Waals surface area contributed by atoms with Gasteiger partial charge in [-0.2, -0.15) is 4.99 Å². The Morgan fingerprint density at radius 2 is 1.30 bits per heavy atom. The van der Waals surface area contributed by atoms with Crippen molar-refractivity contribution in [2.45, 2.75) is 0 Å². The summed E-state index contributed by atoms with van der Waals surface area (Å²) >= 11 is 0. The van der Waals surface area contributed by atoms with Gasteiger partial charge in [-0.25, -0.2) is 0 Å². The molecule has 0 radical (unpaired) electrons. The maximum Gasteiger partial charge on any atom is 0.212 e. The summed E-state index contributed by atoms with van der Waals surface area (Å²) in [5, 5.41) is 0. The van der Waals surface area contributed by atoms with Gasteiger partial charge in [0.05, 0.1) is 0 Å². The van der Waals surface area contributed by atoms with Crippen molar-refractivity contribution in [2.75, 3.05) is 0 Å². The average molecular weight is 304 g/mol. The van der Waals surface area contributed by atoms with Gasteiger partial charge >= 0.3 is 0 Å². The van der Waals surface area contributed by atoms with Crippen molar-refractivity contribution in [3.63, 3.8) is 0 Å². The van der Waals surface area contributed by atoms with Gasteiger partial charge in [0.2, 0.25) is 11.7 Å². The van der Waals surface area contributed by atoms with Crippen LogP contribution in [-0.4, -0.2) is 16.2 Å². The van der Waals surface area contributed by atoms with Crippen LogP contribution in [0.5, 0.6) is 0 Å². The quantitative estimate of drug-likeness (QED) is 0.784. The van der Waals surface area contributed by atoms with E-state index < -0.39 is 9.50 Å². The average Bonchev–Trinajstić information content (AvgIpc) is 2.47. The van der Waals surface area contributed by atoms with Crippen LogP contribution in [0.3, 0.4) is 0 Å². The number of hydrogen-bond donors (Lipinski definition) is 0. The van der Waals surface area contributed by atoms with Gasteiger partial charge in [0.25, 0.3) is 0 Å². The van der Waals surface area contributed by atoms with Gasteiger partial charge in [0, 0.05) is 11.1 Å². The van der Waals surface area contributed by atoms with E-state index in [1.165, 1.54) is 0 Å². The molecule has 0 spiro atoms. The molecule has 0 bridgehead atoms. The molecule has 3 rings (SSSR count). The van der Waals surface area contributed by atoms with E-state index in [0.717, 1.165) is 11.1 Å². The molecule has 2 aromatic rings. The zero-order valence-electron chi connectivity index (χ0n) is 10.3. The second-order valence-electron chi connectivity index (χ2n) is 4.11. The molecule has 0 saturated heterocycles. The number of benzene rings is 2. The molecule has 20 heavy (non-hydrogen) atoms. The fraction of sp³-hybridized carbons (Fsp3) is 0. The molecule has 1 unspecified atom stereocenters. The summed E-state index contributed by atoms with van der Waals surface area (Å²) in [5.41, 5.74) is 1.51. The maximum atomic E-state index is 12.1. The van der Waals surface area contributed by atoms with Gasteiger partial charge in [-0.15, -0.1) is 0 Å². The van der Waals surface area contributed by atoms with Crippen LogP contribution >= 0.6 is 10.7 Å². The second-order valence-corrected chi connectivity index (χ2v) is 6.54. The van der Waals surface area contributed by atoms with Crippen LogP contribution in [0.2, 0.25) is 0 Å². The van der Waals surface area contributed by atoms with E-state index in [9.17, 15) is 4.55 Å². The lowest BCUT2D eigenvalue weighted by Crippen LogP contribution is -2.15. The molecule has 4 nitrogen and oxygen atoms in total. The van der Waals surface area contributed by atoms with Crippen molar-refractivity contribution in [3.8, 4) is 0 Å². The summed E-state index contributed by atoms with van der Waals surface area (Å²) in [6.07, 6.45) is 0. The lowest BCUT2D eigenvalue weighted by atomic mass is 10.2. The molecule has 0 amide bonds. The van der Waals surface area contributed by atoms with Crippen molar-refractivity contribution in [2.24, 2.45) is 13.8 Å². The van der Waals surface area contributed by atoms with E-state index >= 15 is 0 Å². The molecular formula is C14H10ClN3OS. The van der Waals surface area contributed by atoms with E-state index in [2.05, 4.69) is 13.8 Å². The third-order valence-electron chi connectivity index (χ3n) is 2.67. The molecule has 0 aromatic heterocycles. The third kappa shape index (κ3) is 2.85. The first-order valence-electron chi connectivity index (χ1n) is 5.90. The Hall–Kier alpha value is -1.82. The lowest BCUT2D eigenvalue weighted by Gasteiger charge is -2.13. The fourth-order valence-corrected chi connectivity index (χ4v) is 2.94. The molecule has 2 aromatic carbocycles. The van der Waals surface area contributed by atoms with Gasteiger partial charge in [-0.1, -0.05) is 60.7 Å². The molecule has 0 N–H and O–H groups in total. The van der Waals surface area contributed by atoms with Crippen LogP contribution in [0.15, 0.2) is 74.4 Å². The predicted molar refractivity (Wildman–Crippen MR) is 82.4 cm³/mol. The molecule has 1 atom stereocenters. The van der Waals surface area contributed by atoms with Crippen LogP contribution in [-0.2, 0) is 9.50 Å². The van der Waals surface area contributed by atoms with Crippen molar-refractivity contribution in [3.05, 3.63) is 71.8 Å². The summed E-state index contributed by atoms with van der Waals surface area (Å²) in [5.74, 6) is 0.666. The van der Waals surface area contributed by atoms with Crippen LogP contribution in [0.1, 0.15) is 11.1 Å². The van der Waals surface area contributed by atoms with Gasteiger partial charge in [-0.3, -0.25) is 0 Å². The SMILES string of the molecule is [O-][S+]1(Cl)=NC(c2ccccc2)=NC(c2ccccc2)=N1. The fourth-order valence-electron chi connectivity index (χ4n) is 1.78. The molecule has 1 aliphatic heterocycles. The van der Waals surface area contributed by atoms with E-state index in [4.69, 9.17) is 10.7 Å². The van der Waals surface area contributed by atoms with E-state index in [1.807, 2.05) is 60.7 Å². The standard InChI is InChI=1S/C14H10ClN3OS/c15-20(19)17-13(11-7-3-1-4-8-11)16-14(18-20)12-9-5-2-6-10-12/h1-10H. The Bertz CT molecular complexity index is 695. The number of halogens is 1. The highest BCUT2D eigenvalue weighted by Gasteiger charge is 2.22. The van der Waals surface area contributed by atoms with Crippen LogP contribution in [0.4, 0.5) is 0 Å². The normalized spacial score (nSPS) is 21.7. The number of hydrogen-bond acceptors (Lipinski definition) is 4. The third-order valence-corrected chi connectivity index (χ3v) is 3.88. The minimum absolute atomic E-state index is 0.333. The van der Waals surface area contributed by atoms with Gasteiger partial charge < -0.3 is 4.55 Å². The van der Waals surface area contributed by atoms with Gasteiger partial charge in [0.1, 0.15) is 0 Å². The highest BCUT2D eigenvalue weighted by molar-refractivity contribution is 8.20. The highest BCUT2D eigenvalue weighted by Crippen LogP contribution is 2.22. The van der Waals surface area contributed by atoms with Crippen LogP contribution in [0, 0.1) is 0 Å². The smallest absolute Gasteiger partial charge is 0.212 e. The molecule has 0 fully saturated rings. The lowest BCUT2D eigenvalue weighted by molar-refractivity contribution is 0.601. The molecule has 0 aliphatic carbocycles. The Morgan fingerprint density at radius 3 is 1.85 bits per heavy atom. The molecule has 100 valence electrons. The number of amidine groups is 2. The second kappa shape index (κ2) is 5.28. The van der Waals surface area contributed by atoms with E-state index in [1.54, 1.807) is 0 Å². The predicted octanol–water partition coefficient (Wildman–Crippen LogP) is 3.43. The number of nitrogens with zero attached hydrogens (tertiary/aromatic N) is 3. The van der Waals surface area contributed by atoms with Crippen LogP contribution < -0.4 is 0 Å². The monoisotopic (exact) mass is 303 g/mol. The summed E-state index contributed by atoms with van der Waals surface area (Å²) in [6, 6.07) is 18.5. The largest absolute Gasteiger partial charge is 0.591 e. The summed E-state index contributed by atoms with van der Waals surface area (Å²) < 4.78 is 19.9. The van der Waals surface area contributed by atoms with Crippen molar-refractivity contribution in [1.82, 2.24) is 0 Å². The Kier molecular flexibility index (Phi) is 3.48. The Morgan fingerprint density at radius 1 is 0.800 bits per heavy atom. The van der Waals surface area contributed by atoms with Gasteiger partial charge in [0.15, 0.2) is 20.2 Å². The first kappa shape index (κ1) is 13.2. The minimum atomic E-state index is -3.17. The molecule has 1 aliphatic rings. The summed E-state index contributed by atoms with van der Waals surface area (Å²) in [6.45, 7) is 0. The summed E-state index contributed by atoms with van der Waals surface area (Å²) in [4.78, 5) is 4.35. The molecular weight excluding hydrogens is 294 g/mol. The topological polar surface area (TPSA) is 60.1 Å². The zero-order chi connectivity index (χ0) is 14.0. The first-order chi connectivity index (χ1) is 9.64. The van der Waals surface area contributed by atoms with Crippen molar-refractivity contribution < 1.29 is 4.55 Å². The number of aliphatic imine (C=N–C) groups is 1.